The van der Waals surface area contributed by atoms with Crippen LogP contribution in [-0.2, 0) is 11.3 Å². The Morgan fingerprint density at radius 1 is 1.08 bits per heavy atom. The van der Waals surface area contributed by atoms with E-state index in [2.05, 4.69) is 41.4 Å². The van der Waals surface area contributed by atoms with Crippen LogP contribution in [0.4, 0.5) is 0 Å². The van der Waals surface area contributed by atoms with Crippen molar-refractivity contribution < 1.29 is 4.79 Å². The number of piperidine rings is 1. The highest BCUT2D eigenvalue weighted by Crippen LogP contribution is 2.29. The summed E-state index contributed by atoms with van der Waals surface area (Å²) in [7, 11) is 0. The van der Waals surface area contributed by atoms with Crippen molar-refractivity contribution in [2.45, 2.75) is 32.0 Å². The van der Waals surface area contributed by atoms with Crippen LogP contribution in [0.2, 0.25) is 0 Å². The minimum atomic E-state index is -0.411. The van der Waals surface area contributed by atoms with Gasteiger partial charge in [-0.25, -0.2) is 0 Å². The topological polar surface area (TPSA) is 44.7 Å². The maximum atomic E-state index is 12.4. The van der Waals surface area contributed by atoms with Crippen LogP contribution in [0.5, 0.6) is 0 Å². The second-order valence-electron chi connectivity index (χ2n) is 7.08. The van der Waals surface area contributed by atoms with Gasteiger partial charge in [0.05, 0.1) is 0 Å². The molecule has 25 heavy (non-hydrogen) atoms. The molecule has 0 aliphatic carbocycles. The van der Waals surface area contributed by atoms with Crippen LogP contribution in [0.25, 0.3) is 0 Å². The van der Waals surface area contributed by atoms with Crippen LogP contribution in [-0.4, -0.2) is 35.3 Å². The van der Waals surface area contributed by atoms with Crippen LogP contribution >= 0.6 is 0 Å². The summed E-state index contributed by atoms with van der Waals surface area (Å²) in [5.41, 5.74) is 3.71. The molecule has 0 bridgehead atoms. The van der Waals surface area contributed by atoms with Crippen molar-refractivity contribution in [3.05, 3.63) is 71.3 Å². The number of aliphatic imine (C=N–C) groups is 1. The number of carbonyl (C=O) groups is 1. The van der Waals surface area contributed by atoms with E-state index in [0.717, 1.165) is 38.0 Å². The molecule has 0 atom stereocenters. The zero-order chi connectivity index (χ0) is 17.3. The van der Waals surface area contributed by atoms with Crippen molar-refractivity contribution >= 4 is 11.6 Å². The van der Waals surface area contributed by atoms with Gasteiger partial charge < -0.3 is 5.32 Å². The number of likely N-dealkylation sites (tertiary alicyclic amines) is 1. The van der Waals surface area contributed by atoms with Gasteiger partial charge in [0.25, 0.3) is 5.91 Å². The molecule has 2 aliphatic rings. The molecule has 2 aliphatic heterocycles. The first kappa shape index (κ1) is 16.0. The molecule has 1 fully saturated rings. The van der Waals surface area contributed by atoms with Gasteiger partial charge in [0.15, 0.2) is 0 Å². The van der Waals surface area contributed by atoms with Gasteiger partial charge in [-0.1, -0.05) is 60.2 Å². The Bertz CT molecular complexity index is 805. The monoisotopic (exact) mass is 333 g/mol. The molecule has 2 heterocycles. The van der Waals surface area contributed by atoms with Gasteiger partial charge in [-0.05, 0) is 12.5 Å². The van der Waals surface area contributed by atoms with E-state index in [4.69, 9.17) is 4.99 Å². The fourth-order valence-electron chi connectivity index (χ4n) is 3.74. The van der Waals surface area contributed by atoms with Gasteiger partial charge >= 0.3 is 0 Å². The number of amides is 1. The lowest BCUT2D eigenvalue weighted by Crippen LogP contribution is -2.50. The molecule has 0 radical (unpaired) electrons. The standard InChI is InChI=1S/C21H23N3O/c1-16-6-5-7-17(14-16)15-24-12-10-21(11-13-24)22-19(20(25)23-21)18-8-3-2-4-9-18/h2-9,14H,10-13,15H2,1H3,(H,23,25). The van der Waals surface area contributed by atoms with Gasteiger partial charge in [0.1, 0.15) is 11.4 Å². The number of hydrogen-bond donors (Lipinski definition) is 1. The van der Waals surface area contributed by atoms with Crippen LogP contribution < -0.4 is 5.32 Å². The van der Waals surface area contributed by atoms with Gasteiger partial charge in [-0.2, -0.15) is 0 Å². The summed E-state index contributed by atoms with van der Waals surface area (Å²) >= 11 is 0. The molecule has 1 spiro atoms. The molecule has 4 rings (SSSR count). The van der Waals surface area contributed by atoms with E-state index in [1.165, 1.54) is 11.1 Å². The first-order chi connectivity index (χ1) is 12.1. The van der Waals surface area contributed by atoms with Crippen LogP contribution in [0.1, 0.15) is 29.5 Å². The van der Waals surface area contributed by atoms with Gasteiger partial charge in [0, 0.05) is 38.0 Å². The highest BCUT2D eigenvalue weighted by Gasteiger charge is 2.41. The zero-order valence-corrected chi connectivity index (χ0v) is 14.5. The Morgan fingerprint density at radius 2 is 1.84 bits per heavy atom. The average molecular weight is 333 g/mol. The molecule has 0 saturated carbocycles. The molecule has 4 nitrogen and oxygen atoms in total. The summed E-state index contributed by atoms with van der Waals surface area (Å²) in [6.07, 6.45) is 1.72. The highest BCUT2D eigenvalue weighted by molar-refractivity contribution is 6.46. The Kier molecular flexibility index (Phi) is 4.14. The van der Waals surface area contributed by atoms with Crippen molar-refractivity contribution in [1.29, 1.82) is 0 Å². The minimum Gasteiger partial charge on any atom is -0.326 e. The second-order valence-corrected chi connectivity index (χ2v) is 7.08. The third-order valence-corrected chi connectivity index (χ3v) is 5.11. The van der Waals surface area contributed by atoms with E-state index in [1.54, 1.807) is 0 Å². The second kappa shape index (κ2) is 6.45. The lowest BCUT2D eigenvalue weighted by atomic mass is 9.97. The maximum Gasteiger partial charge on any atom is 0.272 e. The van der Waals surface area contributed by atoms with Crippen molar-refractivity contribution in [2.24, 2.45) is 4.99 Å². The van der Waals surface area contributed by atoms with Crippen LogP contribution in [0, 0.1) is 6.92 Å². The summed E-state index contributed by atoms with van der Waals surface area (Å²) in [5.74, 6) is -0.0432. The number of carbonyl (C=O) groups excluding carboxylic acids is 1. The molecule has 4 heteroatoms. The number of benzene rings is 2. The fourth-order valence-corrected chi connectivity index (χ4v) is 3.74. The van der Waals surface area contributed by atoms with Crippen molar-refractivity contribution in [3.8, 4) is 0 Å². The predicted octanol–water partition coefficient (Wildman–Crippen LogP) is 2.91. The van der Waals surface area contributed by atoms with E-state index in [9.17, 15) is 4.79 Å². The summed E-state index contributed by atoms with van der Waals surface area (Å²) in [4.78, 5) is 19.7. The normalized spacial score (nSPS) is 19.7. The SMILES string of the molecule is Cc1cccc(CN2CCC3(CC2)N=C(c2ccccc2)C(=O)N3)c1. The third kappa shape index (κ3) is 3.35. The summed E-state index contributed by atoms with van der Waals surface area (Å²) in [6.45, 7) is 4.98. The number of hydrogen-bond acceptors (Lipinski definition) is 3. The molecular weight excluding hydrogens is 310 g/mol. The van der Waals surface area contributed by atoms with Crippen LogP contribution in [0.15, 0.2) is 59.6 Å². The number of nitrogens with one attached hydrogen (secondary N) is 1. The molecule has 2 aromatic rings. The van der Waals surface area contributed by atoms with Crippen molar-refractivity contribution in [2.75, 3.05) is 13.1 Å². The predicted molar refractivity (Wildman–Crippen MR) is 99.5 cm³/mol. The van der Waals surface area contributed by atoms with E-state index in [-0.39, 0.29) is 5.91 Å². The van der Waals surface area contributed by atoms with Gasteiger partial charge in [-0.15, -0.1) is 0 Å². The minimum absolute atomic E-state index is 0.0432. The Morgan fingerprint density at radius 3 is 2.56 bits per heavy atom. The Balaban J connectivity index is 1.44. The van der Waals surface area contributed by atoms with Crippen molar-refractivity contribution in [1.82, 2.24) is 10.2 Å². The Labute approximate surface area is 148 Å². The lowest BCUT2D eigenvalue weighted by molar-refractivity contribution is -0.115. The molecule has 128 valence electrons. The average Bonchev–Trinajstić information content (AvgIpc) is 2.94. The smallest absolute Gasteiger partial charge is 0.272 e. The molecule has 1 N–H and O–H groups in total. The van der Waals surface area contributed by atoms with Crippen LogP contribution in [0.3, 0.4) is 0 Å². The van der Waals surface area contributed by atoms with E-state index in [1.807, 2.05) is 30.3 Å². The summed E-state index contributed by atoms with van der Waals surface area (Å²) in [5, 5.41) is 3.14. The first-order valence-electron chi connectivity index (χ1n) is 8.89. The molecular formula is C21H23N3O. The Hall–Kier alpha value is -2.46. The first-order valence-corrected chi connectivity index (χ1v) is 8.89. The maximum absolute atomic E-state index is 12.4. The highest BCUT2D eigenvalue weighted by atomic mass is 16.2. The third-order valence-electron chi connectivity index (χ3n) is 5.11. The lowest BCUT2D eigenvalue weighted by Gasteiger charge is -2.37. The summed E-state index contributed by atoms with van der Waals surface area (Å²) < 4.78 is 0. The molecule has 0 unspecified atom stereocenters. The summed E-state index contributed by atoms with van der Waals surface area (Å²) in [6, 6.07) is 18.4. The van der Waals surface area contributed by atoms with Crippen molar-refractivity contribution in [3.63, 3.8) is 0 Å². The number of aryl methyl sites for hydroxylation is 1. The molecule has 1 saturated heterocycles. The molecule has 1 amide bonds. The largest absolute Gasteiger partial charge is 0.326 e. The molecule has 2 aromatic carbocycles. The number of nitrogens with zero attached hydrogens (tertiary/aromatic N) is 2. The van der Waals surface area contributed by atoms with Gasteiger partial charge in [-0.3, -0.25) is 14.7 Å². The molecule has 0 aromatic heterocycles. The zero-order valence-electron chi connectivity index (χ0n) is 14.5. The quantitative estimate of drug-likeness (QED) is 0.939. The number of rotatable bonds is 3. The van der Waals surface area contributed by atoms with E-state index < -0.39 is 5.66 Å². The fraction of sp³-hybridized carbons (Fsp3) is 0.333. The van der Waals surface area contributed by atoms with E-state index >= 15 is 0 Å². The van der Waals surface area contributed by atoms with E-state index in [0.29, 0.717) is 5.71 Å². The van der Waals surface area contributed by atoms with Gasteiger partial charge in [0.2, 0.25) is 0 Å².